The van der Waals surface area contributed by atoms with Crippen LogP contribution in [0, 0.1) is 6.92 Å². The van der Waals surface area contributed by atoms with Gasteiger partial charge in [0.05, 0.1) is 16.7 Å². The van der Waals surface area contributed by atoms with E-state index >= 15 is 0 Å². The van der Waals surface area contributed by atoms with Gasteiger partial charge in [-0.05, 0) is 26.7 Å². The molecule has 1 saturated heterocycles. The molecule has 0 unspecified atom stereocenters. The second kappa shape index (κ2) is 6.83. The van der Waals surface area contributed by atoms with Gasteiger partial charge in [0.2, 0.25) is 11.8 Å². The Morgan fingerprint density at radius 2 is 2.40 bits per heavy atom. The van der Waals surface area contributed by atoms with Crippen LogP contribution in [0.3, 0.4) is 0 Å². The Kier molecular flexibility index (Phi) is 5.11. The van der Waals surface area contributed by atoms with Gasteiger partial charge in [-0.1, -0.05) is 0 Å². The van der Waals surface area contributed by atoms with E-state index in [1.807, 2.05) is 24.1 Å². The molecule has 0 aromatic carbocycles. The molecule has 1 aliphatic heterocycles. The maximum atomic E-state index is 11.8. The summed E-state index contributed by atoms with van der Waals surface area (Å²) in [4.78, 5) is 29.5. The van der Waals surface area contributed by atoms with Crippen LogP contribution in [0.4, 0.5) is 0 Å². The van der Waals surface area contributed by atoms with E-state index in [0.29, 0.717) is 19.4 Å². The third-order valence-electron chi connectivity index (χ3n) is 3.46. The van der Waals surface area contributed by atoms with Crippen LogP contribution in [-0.2, 0) is 9.59 Å². The van der Waals surface area contributed by atoms with Crippen molar-refractivity contribution in [3.8, 4) is 0 Å². The third kappa shape index (κ3) is 4.03. The molecule has 0 aliphatic carbocycles. The summed E-state index contributed by atoms with van der Waals surface area (Å²) in [5.74, 6) is 0.242. The van der Waals surface area contributed by atoms with Crippen molar-refractivity contribution in [3.63, 3.8) is 0 Å². The Morgan fingerprint density at radius 3 is 3.00 bits per heavy atom. The van der Waals surface area contributed by atoms with E-state index in [0.717, 1.165) is 30.1 Å². The first-order chi connectivity index (χ1) is 9.56. The lowest BCUT2D eigenvalue weighted by Crippen LogP contribution is -2.29. The highest BCUT2D eigenvalue weighted by Crippen LogP contribution is 2.16. The summed E-state index contributed by atoms with van der Waals surface area (Å²) in [5, 5.41) is 5.93. The molecule has 1 aromatic heterocycles. The minimum absolute atomic E-state index is 0.0230. The molecule has 5 nitrogen and oxygen atoms in total. The molecule has 1 fully saturated rings. The Hall–Kier alpha value is -1.43. The van der Waals surface area contributed by atoms with Gasteiger partial charge in [0, 0.05) is 31.3 Å². The minimum atomic E-state index is -0.0548. The molecule has 1 N–H and O–H groups in total. The Balaban J connectivity index is 1.68. The number of rotatable bonds is 6. The fourth-order valence-corrected chi connectivity index (χ4v) is 3.04. The van der Waals surface area contributed by atoms with Crippen LogP contribution in [0.1, 0.15) is 49.4 Å². The van der Waals surface area contributed by atoms with E-state index in [4.69, 9.17) is 0 Å². The summed E-state index contributed by atoms with van der Waals surface area (Å²) < 4.78 is 0. The highest BCUT2D eigenvalue weighted by molar-refractivity contribution is 7.09. The topological polar surface area (TPSA) is 62.3 Å². The number of thiazole rings is 1. The maximum Gasteiger partial charge on any atom is 0.222 e. The lowest BCUT2D eigenvalue weighted by atomic mass is 10.2. The molecule has 1 aromatic rings. The van der Waals surface area contributed by atoms with Crippen LogP contribution in [0.2, 0.25) is 0 Å². The fraction of sp³-hybridized carbons (Fsp3) is 0.643. The Bertz CT molecular complexity index is 487. The summed E-state index contributed by atoms with van der Waals surface area (Å²) in [6.45, 7) is 5.43. The predicted octanol–water partition coefficient (Wildman–Crippen LogP) is 2.03. The lowest BCUT2D eigenvalue weighted by molar-refractivity contribution is -0.128. The molecule has 1 atom stereocenters. The van der Waals surface area contributed by atoms with Crippen LogP contribution in [-0.4, -0.2) is 34.8 Å². The number of aromatic nitrogens is 1. The summed E-state index contributed by atoms with van der Waals surface area (Å²) in [7, 11) is 0. The molecule has 2 amide bonds. The van der Waals surface area contributed by atoms with Crippen molar-refractivity contribution in [1.29, 1.82) is 0 Å². The van der Waals surface area contributed by atoms with Crippen molar-refractivity contribution >= 4 is 23.2 Å². The van der Waals surface area contributed by atoms with Crippen LogP contribution in [0.25, 0.3) is 0 Å². The number of nitrogens with zero attached hydrogens (tertiary/aromatic N) is 2. The van der Waals surface area contributed by atoms with E-state index in [1.165, 1.54) is 0 Å². The van der Waals surface area contributed by atoms with E-state index in [9.17, 15) is 9.59 Å². The van der Waals surface area contributed by atoms with Gasteiger partial charge in [-0.25, -0.2) is 4.98 Å². The number of nitrogens with one attached hydrogen (secondary N) is 1. The molecule has 1 aliphatic rings. The zero-order valence-corrected chi connectivity index (χ0v) is 12.8. The monoisotopic (exact) mass is 295 g/mol. The van der Waals surface area contributed by atoms with Crippen molar-refractivity contribution < 1.29 is 9.59 Å². The average molecular weight is 295 g/mol. The predicted molar refractivity (Wildman–Crippen MR) is 78.5 cm³/mol. The molecule has 110 valence electrons. The quantitative estimate of drug-likeness (QED) is 0.873. The van der Waals surface area contributed by atoms with Gasteiger partial charge in [0.1, 0.15) is 0 Å². The van der Waals surface area contributed by atoms with Gasteiger partial charge in [0.25, 0.3) is 0 Å². The first kappa shape index (κ1) is 15.0. The summed E-state index contributed by atoms with van der Waals surface area (Å²) in [5.41, 5.74) is 0.913. The largest absolute Gasteiger partial charge is 0.348 e. The number of hydrogen-bond acceptors (Lipinski definition) is 4. The van der Waals surface area contributed by atoms with E-state index in [1.54, 1.807) is 11.3 Å². The number of aryl methyl sites for hydroxylation is 1. The smallest absolute Gasteiger partial charge is 0.222 e. The third-order valence-corrected chi connectivity index (χ3v) is 4.25. The number of likely N-dealkylation sites (tertiary alicyclic amines) is 1. The molecule has 6 heteroatoms. The van der Waals surface area contributed by atoms with Crippen molar-refractivity contribution in [2.75, 3.05) is 13.1 Å². The standard InChI is InChI=1S/C14H21N3O2S/c1-10(12-9-20-11(2)16-12)15-13(18)5-3-7-17-8-4-6-14(17)19/h9-10H,3-8H2,1-2H3,(H,15,18)/t10-/m0/s1. The highest BCUT2D eigenvalue weighted by atomic mass is 32.1. The van der Waals surface area contributed by atoms with Crippen LogP contribution in [0.5, 0.6) is 0 Å². The zero-order chi connectivity index (χ0) is 14.5. The van der Waals surface area contributed by atoms with Gasteiger partial charge in [-0.3, -0.25) is 9.59 Å². The van der Waals surface area contributed by atoms with E-state index in [-0.39, 0.29) is 17.9 Å². The number of carbonyl (C=O) groups is 2. The maximum absolute atomic E-state index is 11.8. The summed E-state index contributed by atoms with van der Waals surface area (Å²) in [6, 6.07) is -0.0548. The number of hydrogen-bond donors (Lipinski definition) is 1. The number of carbonyl (C=O) groups excluding carboxylic acids is 2. The molecular weight excluding hydrogens is 274 g/mol. The molecule has 2 heterocycles. The van der Waals surface area contributed by atoms with Crippen molar-refractivity contribution in [2.24, 2.45) is 0 Å². The molecule has 0 spiro atoms. The average Bonchev–Trinajstić information content (AvgIpc) is 2.99. The summed E-state index contributed by atoms with van der Waals surface area (Å²) >= 11 is 1.59. The first-order valence-corrected chi connectivity index (χ1v) is 7.93. The van der Waals surface area contributed by atoms with Crippen molar-refractivity contribution in [3.05, 3.63) is 16.1 Å². The van der Waals surface area contributed by atoms with Gasteiger partial charge in [0.15, 0.2) is 0 Å². The van der Waals surface area contributed by atoms with Crippen LogP contribution >= 0.6 is 11.3 Å². The second-order valence-corrected chi connectivity index (χ2v) is 6.23. The molecule has 2 rings (SSSR count). The molecule has 0 saturated carbocycles. The summed E-state index contributed by atoms with van der Waals surface area (Å²) in [6.07, 6.45) is 2.79. The van der Waals surface area contributed by atoms with Crippen LogP contribution < -0.4 is 5.32 Å². The Labute approximate surface area is 123 Å². The normalized spacial score (nSPS) is 16.5. The molecule has 20 heavy (non-hydrogen) atoms. The van der Waals surface area contributed by atoms with Gasteiger partial charge < -0.3 is 10.2 Å². The van der Waals surface area contributed by atoms with E-state index in [2.05, 4.69) is 10.3 Å². The fourth-order valence-electron chi connectivity index (χ4n) is 2.34. The SMILES string of the molecule is Cc1nc([C@H](C)NC(=O)CCCN2CCCC2=O)cs1. The van der Waals surface area contributed by atoms with Crippen molar-refractivity contribution in [1.82, 2.24) is 15.2 Å². The van der Waals surface area contributed by atoms with Gasteiger partial charge >= 0.3 is 0 Å². The highest BCUT2D eigenvalue weighted by Gasteiger charge is 2.19. The number of amides is 2. The second-order valence-electron chi connectivity index (χ2n) is 5.17. The molecular formula is C14H21N3O2S. The van der Waals surface area contributed by atoms with E-state index < -0.39 is 0 Å². The molecule has 0 bridgehead atoms. The zero-order valence-electron chi connectivity index (χ0n) is 12.0. The van der Waals surface area contributed by atoms with Crippen LogP contribution in [0.15, 0.2) is 5.38 Å². The lowest BCUT2D eigenvalue weighted by Gasteiger charge is -2.16. The van der Waals surface area contributed by atoms with Gasteiger partial charge in [-0.15, -0.1) is 11.3 Å². The first-order valence-electron chi connectivity index (χ1n) is 7.05. The Morgan fingerprint density at radius 1 is 1.60 bits per heavy atom. The van der Waals surface area contributed by atoms with Crippen molar-refractivity contribution in [2.45, 2.75) is 45.6 Å². The molecule has 0 radical (unpaired) electrons. The minimum Gasteiger partial charge on any atom is -0.348 e. The van der Waals surface area contributed by atoms with Gasteiger partial charge in [-0.2, -0.15) is 0 Å².